The van der Waals surface area contributed by atoms with Crippen molar-refractivity contribution < 1.29 is 31.8 Å². The van der Waals surface area contributed by atoms with Crippen LogP contribution in [0.25, 0.3) is 6.08 Å². The Hall–Kier alpha value is -2.83. The Labute approximate surface area is 128 Å². The summed E-state index contributed by atoms with van der Waals surface area (Å²) in [5.74, 6) is -1.34. The molecule has 0 aliphatic heterocycles. The Bertz CT molecular complexity index is 689. The zero-order valence-corrected chi connectivity index (χ0v) is 11.5. The van der Waals surface area contributed by atoms with Gasteiger partial charge in [0.2, 0.25) is 0 Å². The van der Waals surface area contributed by atoms with E-state index in [2.05, 4.69) is 4.74 Å². The maximum Gasteiger partial charge on any atom is 0.573 e. The molecule has 0 spiro atoms. The van der Waals surface area contributed by atoms with E-state index < -0.39 is 18.1 Å². The smallest absolute Gasteiger partial charge is 0.423 e. The van der Waals surface area contributed by atoms with E-state index >= 15 is 0 Å². The molecule has 0 bridgehead atoms. The molecule has 7 heteroatoms. The Morgan fingerprint density at radius 3 is 2.04 bits per heavy atom. The van der Waals surface area contributed by atoms with E-state index in [0.29, 0.717) is 5.56 Å². The molecular weight excluding hydrogens is 316 g/mol. The zero-order valence-electron chi connectivity index (χ0n) is 11.5. The normalized spacial score (nSPS) is 11.5. The van der Waals surface area contributed by atoms with Crippen molar-refractivity contribution in [3.05, 3.63) is 66.0 Å². The first-order chi connectivity index (χ1) is 10.8. The van der Waals surface area contributed by atoms with Gasteiger partial charge in [-0.15, -0.1) is 13.2 Å². The van der Waals surface area contributed by atoms with Crippen LogP contribution in [-0.2, 0) is 4.79 Å². The number of benzene rings is 2. The molecule has 0 aliphatic rings. The van der Waals surface area contributed by atoms with Crippen LogP contribution in [0.15, 0.2) is 54.6 Å². The molecule has 0 unspecified atom stereocenters. The van der Waals surface area contributed by atoms with Gasteiger partial charge in [0, 0.05) is 6.08 Å². The summed E-state index contributed by atoms with van der Waals surface area (Å²) in [5.41, 5.74) is 0.482. The monoisotopic (exact) mass is 326 g/mol. The van der Waals surface area contributed by atoms with Crippen molar-refractivity contribution in [1.29, 1.82) is 0 Å². The zero-order chi connectivity index (χ0) is 16.9. The molecule has 0 aliphatic carbocycles. The van der Waals surface area contributed by atoms with Crippen LogP contribution in [0, 0.1) is 5.82 Å². The van der Waals surface area contributed by atoms with Gasteiger partial charge in [0.1, 0.15) is 17.3 Å². The maximum absolute atomic E-state index is 12.7. The Kier molecular flexibility index (Phi) is 5.00. The minimum atomic E-state index is -4.75. The van der Waals surface area contributed by atoms with Crippen LogP contribution in [0.4, 0.5) is 17.6 Å². The van der Waals surface area contributed by atoms with Gasteiger partial charge in [-0.25, -0.2) is 9.18 Å². The first-order valence-electron chi connectivity index (χ1n) is 6.33. The highest BCUT2D eigenvalue weighted by molar-refractivity contribution is 5.88. The van der Waals surface area contributed by atoms with Crippen LogP contribution in [0.5, 0.6) is 11.5 Å². The van der Waals surface area contributed by atoms with Gasteiger partial charge in [0.15, 0.2) is 0 Å². The molecule has 120 valence electrons. The van der Waals surface area contributed by atoms with Crippen LogP contribution in [0.2, 0.25) is 0 Å². The van der Waals surface area contributed by atoms with Crippen LogP contribution in [0.3, 0.4) is 0 Å². The number of carbonyl (C=O) groups is 1. The van der Waals surface area contributed by atoms with E-state index in [0.717, 1.165) is 30.3 Å². The van der Waals surface area contributed by atoms with Gasteiger partial charge >= 0.3 is 12.3 Å². The molecule has 3 nitrogen and oxygen atoms in total. The van der Waals surface area contributed by atoms with Crippen molar-refractivity contribution in [2.45, 2.75) is 6.36 Å². The second-order valence-corrected chi connectivity index (χ2v) is 4.33. The third kappa shape index (κ3) is 5.82. The third-order valence-corrected chi connectivity index (χ3v) is 2.56. The number of alkyl halides is 3. The summed E-state index contributed by atoms with van der Waals surface area (Å²) in [7, 11) is 0. The molecule has 2 aromatic carbocycles. The van der Waals surface area contributed by atoms with Crippen molar-refractivity contribution in [1.82, 2.24) is 0 Å². The second-order valence-electron chi connectivity index (χ2n) is 4.33. The molecule has 0 atom stereocenters. The summed E-state index contributed by atoms with van der Waals surface area (Å²) in [6.45, 7) is 0. The Morgan fingerprint density at radius 2 is 1.48 bits per heavy atom. The van der Waals surface area contributed by atoms with E-state index in [-0.39, 0.29) is 11.5 Å². The highest BCUT2D eigenvalue weighted by Gasteiger charge is 2.30. The molecule has 2 aromatic rings. The Morgan fingerprint density at radius 1 is 0.913 bits per heavy atom. The number of hydrogen-bond donors (Lipinski definition) is 0. The minimum Gasteiger partial charge on any atom is -0.423 e. The van der Waals surface area contributed by atoms with E-state index in [1.54, 1.807) is 0 Å². The van der Waals surface area contributed by atoms with Crippen molar-refractivity contribution in [2.75, 3.05) is 0 Å². The quantitative estimate of drug-likeness (QED) is 0.363. The van der Waals surface area contributed by atoms with Crippen molar-refractivity contribution in [3.63, 3.8) is 0 Å². The van der Waals surface area contributed by atoms with Crippen LogP contribution in [0.1, 0.15) is 5.56 Å². The molecule has 0 aromatic heterocycles. The van der Waals surface area contributed by atoms with E-state index in [4.69, 9.17) is 4.74 Å². The molecule has 0 amide bonds. The summed E-state index contributed by atoms with van der Waals surface area (Å²) < 4.78 is 57.4. The fourth-order valence-electron chi connectivity index (χ4n) is 1.60. The molecule has 0 heterocycles. The number of hydrogen-bond acceptors (Lipinski definition) is 3. The van der Waals surface area contributed by atoms with Crippen molar-refractivity contribution in [3.8, 4) is 11.5 Å². The Balaban J connectivity index is 1.94. The molecular formula is C16H10F4O3. The molecule has 0 fully saturated rings. The maximum atomic E-state index is 12.7. The lowest BCUT2D eigenvalue weighted by Crippen LogP contribution is -2.16. The number of carbonyl (C=O) groups excluding carboxylic acids is 1. The number of ether oxygens (including phenoxy) is 2. The molecule has 0 N–H and O–H groups in total. The summed E-state index contributed by atoms with van der Waals surface area (Å²) in [4.78, 5) is 11.5. The minimum absolute atomic E-state index is 0.176. The topological polar surface area (TPSA) is 35.5 Å². The first-order valence-corrected chi connectivity index (χ1v) is 6.33. The standard InChI is InChI=1S/C16H10F4O3/c17-12-4-8-13(9-5-12)22-15(21)10-3-11-1-6-14(7-2-11)23-16(18,19)20/h1-10H/b10-3+. The van der Waals surface area contributed by atoms with Gasteiger partial charge in [-0.1, -0.05) is 12.1 Å². The average Bonchev–Trinajstić information content (AvgIpc) is 2.47. The number of halogens is 4. The molecule has 0 radical (unpaired) electrons. The lowest BCUT2D eigenvalue weighted by Gasteiger charge is -2.08. The largest absolute Gasteiger partial charge is 0.573 e. The van der Waals surface area contributed by atoms with Gasteiger partial charge < -0.3 is 9.47 Å². The predicted molar refractivity (Wildman–Crippen MR) is 74.2 cm³/mol. The molecule has 23 heavy (non-hydrogen) atoms. The van der Waals surface area contributed by atoms with Gasteiger partial charge in [-0.2, -0.15) is 0 Å². The fraction of sp³-hybridized carbons (Fsp3) is 0.0625. The lowest BCUT2D eigenvalue weighted by molar-refractivity contribution is -0.274. The van der Waals surface area contributed by atoms with E-state index in [9.17, 15) is 22.4 Å². The average molecular weight is 326 g/mol. The third-order valence-electron chi connectivity index (χ3n) is 2.56. The summed E-state index contributed by atoms with van der Waals surface area (Å²) in [6.07, 6.45) is -2.29. The first kappa shape index (κ1) is 16.5. The van der Waals surface area contributed by atoms with Crippen LogP contribution in [-0.4, -0.2) is 12.3 Å². The second kappa shape index (κ2) is 6.95. The van der Waals surface area contributed by atoms with Gasteiger partial charge in [-0.05, 0) is 48.0 Å². The van der Waals surface area contributed by atoms with E-state index in [1.807, 2.05) is 0 Å². The van der Waals surface area contributed by atoms with E-state index in [1.165, 1.54) is 30.3 Å². The van der Waals surface area contributed by atoms with Crippen LogP contribution < -0.4 is 9.47 Å². The molecule has 2 rings (SSSR count). The highest BCUT2D eigenvalue weighted by atomic mass is 19.4. The molecule has 0 saturated carbocycles. The summed E-state index contributed by atoms with van der Waals surface area (Å²) in [5, 5.41) is 0. The number of esters is 1. The van der Waals surface area contributed by atoms with Crippen LogP contribution >= 0.6 is 0 Å². The summed E-state index contributed by atoms with van der Waals surface area (Å²) >= 11 is 0. The van der Waals surface area contributed by atoms with Gasteiger partial charge in [0.25, 0.3) is 0 Å². The highest BCUT2D eigenvalue weighted by Crippen LogP contribution is 2.23. The lowest BCUT2D eigenvalue weighted by atomic mass is 10.2. The van der Waals surface area contributed by atoms with Gasteiger partial charge in [0.05, 0.1) is 0 Å². The fourth-order valence-corrected chi connectivity index (χ4v) is 1.60. The predicted octanol–water partition coefficient (Wildman–Crippen LogP) is 4.34. The SMILES string of the molecule is O=C(/C=C/c1ccc(OC(F)(F)F)cc1)Oc1ccc(F)cc1. The van der Waals surface area contributed by atoms with Crippen molar-refractivity contribution in [2.24, 2.45) is 0 Å². The van der Waals surface area contributed by atoms with Crippen molar-refractivity contribution >= 4 is 12.0 Å². The molecule has 0 saturated heterocycles. The van der Waals surface area contributed by atoms with Gasteiger partial charge in [-0.3, -0.25) is 0 Å². The summed E-state index contributed by atoms with van der Waals surface area (Å²) in [6, 6.07) is 9.83. The number of rotatable bonds is 4.